The Hall–Kier alpha value is -2.08. The number of nitrogens with zero attached hydrogens (tertiary/aromatic N) is 2. The van der Waals surface area contributed by atoms with Gasteiger partial charge in [-0.1, -0.05) is 11.6 Å². The van der Waals surface area contributed by atoms with Crippen molar-refractivity contribution in [3.63, 3.8) is 0 Å². The molecule has 1 spiro atoms. The van der Waals surface area contributed by atoms with E-state index in [0.29, 0.717) is 15.2 Å². The van der Waals surface area contributed by atoms with Crippen LogP contribution in [0.25, 0.3) is 10.2 Å². The molecule has 3 aromatic rings. The van der Waals surface area contributed by atoms with Gasteiger partial charge in [0, 0.05) is 17.0 Å². The first-order chi connectivity index (χ1) is 16.0. The van der Waals surface area contributed by atoms with Crippen molar-refractivity contribution in [2.75, 3.05) is 13.1 Å². The number of hydrogen-bond acceptors (Lipinski definition) is 6. The highest BCUT2D eigenvalue weighted by atomic mass is 35.5. The summed E-state index contributed by atoms with van der Waals surface area (Å²) in [5.74, 6) is -3.26. The zero-order valence-electron chi connectivity index (χ0n) is 17.8. The molecule has 2 saturated carbocycles. The Bertz CT molecular complexity index is 1400. The van der Waals surface area contributed by atoms with E-state index in [2.05, 4.69) is 5.32 Å². The molecule has 0 bridgehead atoms. The molecule has 1 N–H and O–H groups in total. The van der Waals surface area contributed by atoms with Crippen LogP contribution in [0.4, 0.5) is 8.78 Å². The molecule has 1 aliphatic heterocycles. The molecule has 180 valence electrons. The maximum Gasteiger partial charge on any atom is 0.287 e. The fourth-order valence-electron chi connectivity index (χ4n) is 5.28. The Balaban J connectivity index is 1.03. The second kappa shape index (κ2) is 7.46. The van der Waals surface area contributed by atoms with E-state index in [1.807, 2.05) is 18.2 Å². The summed E-state index contributed by atoms with van der Waals surface area (Å²) >= 11 is 7.76. The Morgan fingerprint density at radius 1 is 1.18 bits per heavy atom. The summed E-state index contributed by atoms with van der Waals surface area (Å²) < 4.78 is 57.7. The van der Waals surface area contributed by atoms with E-state index in [0.717, 1.165) is 47.0 Å². The lowest BCUT2D eigenvalue weighted by Crippen LogP contribution is -2.58. The highest BCUT2D eigenvalue weighted by Crippen LogP contribution is 2.62. The Kier molecular flexibility index (Phi) is 4.91. The van der Waals surface area contributed by atoms with Crippen molar-refractivity contribution < 1.29 is 26.4 Å². The predicted octanol–water partition coefficient (Wildman–Crippen LogP) is 4.64. The van der Waals surface area contributed by atoms with Crippen molar-refractivity contribution in [1.82, 2.24) is 14.6 Å². The summed E-state index contributed by atoms with van der Waals surface area (Å²) in [6.07, 6.45) is 3.74. The standard InChI is InChI=1S/C22H20ClF2N3O4S2/c23-13-1-3-17-15(5-13)27-20(33-17)12-6-21(7-12)8-14(9-21)26-19(29)16-2-4-18(32-16)34(30,31)28-10-22(24,25)11-28/h1-5,12,14H,6-11H2,(H,26,29). The lowest BCUT2D eigenvalue weighted by Gasteiger charge is -2.57. The maximum atomic E-state index is 13.0. The molecule has 3 fully saturated rings. The summed E-state index contributed by atoms with van der Waals surface area (Å²) in [7, 11) is -4.17. The summed E-state index contributed by atoms with van der Waals surface area (Å²) in [6, 6.07) is 8.12. The van der Waals surface area contributed by atoms with E-state index in [9.17, 15) is 22.0 Å². The van der Waals surface area contributed by atoms with E-state index in [-0.39, 0.29) is 17.2 Å². The lowest BCUT2D eigenvalue weighted by atomic mass is 9.50. The van der Waals surface area contributed by atoms with Crippen LogP contribution in [0.3, 0.4) is 0 Å². The van der Waals surface area contributed by atoms with E-state index >= 15 is 0 Å². The first kappa shape index (κ1) is 22.4. The molecular weight excluding hydrogens is 508 g/mol. The largest absolute Gasteiger partial charge is 0.438 e. The molecule has 6 rings (SSSR count). The van der Waals surface area contributed by atoms with Crippen molar-refractivity contribution in [1.29, 1.82) is 0 Å². The van der Waals surface area contributed by atoms with Gasteiger partial charge in [-0.2, -0.15) is 4.31 Å². The number of carbonyl (C=O) groups excluding carboxylic acids is 1. The number of aromatic nitrogens is 1. The van der Waals surface area contributed by atoms with E-state index in [4.69, 9.17) is 21.0 Å². The van der Waals surface area contributed by atoms with Gasteiger partial charge in [0.2, 0.25) is 5.09 Å². The average Bonchev–Trinajstić information content (AvgIpc) is 3.33. The van der Waals surface area contributed by atoms with Gasteiger partial charge < -0.3 is 9.73 Å². The fraction of sp³-hybridized carbons (Fsp3) is 0.455. The molecule has 7 nitrogen and oxygen atoms in total. The third-order valence-corrected chi connectivity index (χ3v) is 10.1. The quantitative estimate of drug-likeness (QED) is 0.522. The van der Waals surface area contributed by atoms with Crippen LogP contribution in [-0.4, -0.2) is 48.7 Å². The van der Waals surface area contributed by atoms with Crippen molar-refractivity contribution in [2.45, 2.75) is 48.7 Å². The SMILES string of the molecule is O=C(NC1CC2(C1)CC(c1nc3cc(Cl)ccc3s1)C2)c1ccc(S(=O)(=O)N2CC(F)(F)C2)o1. The number of fused-ring (bicyclic) bond motifs is 1. The minimum atomic E-state index is -4.17. The number of sulfonamides is 1. The number of carbonyl (C=O) groups is 1. The normalized spacial score (nSPS) is 28.3. The highest BCUT2D eigenvalue weighted by molar-refractivity contribution is 7.89. The molecule has 0 unspecified atom stereocenters. The minimum absolute atomic E-state index is 0.0122. The van der Waals surface area contributed by atoms with E-state index in [1.54, 1.807) is 11.3 Å². The van der Waals surface area contributed by atoms with Crippen molar-refractivity contribution in [3.8, 4) is 0 Å². The second-order valence-corrected chi connectivity index (χ2v) is 13.0. The fourth-order valence-corrected chi connectivity index (χ4v) is 7.90. The van der Waals surface area contributed by atoms with Crippen LogP contribution in [0.2, 0.25) is 5.02 Å². The van der Waals surface area contributed by atoms with Gasteiger partial charge >= 0.3 is 0 Å². The van der Waals surface area contributed by atoms with Crippen LogP contribution >= 0.6 is 22.9 Å². The molecule has 1 aromatic carbocycles. The molecule has 12 heteroatoms. The molecule has 1 amide bonds. The Labute approximate surface area is 203 Å². The number of amides is 1. The van der Waals surface area contributed by atoms with Crippen LogP contribution < -0.4 is 5.32 Å². The van der Waals surface area contributed by atoms with Crippen LogP contribution in [0, 0.1) is 5.41 Å². The minimum Gasteiger partial charge on any atom is -0.438 e. The van der Waals surface area contributed by atoms with Crippen LogP contribution in [-0.2, 0) is 10.0 Å². The number of halogens is 3. The van der Waals surface area contributed by atoms with Crippen molar-refractivity contribution in [2.24, 2.45) is 5.41 Å². The van der Waals surface area contributed by atoms with E-state index < -0.39 is 40.0 Å². The molecule has 0 atom stereocenters. The average molecular weight is 528 g/mol. The topological polar surface area (TPSA) is 92.5 Å². The number of benzene rings is 1. The summed E-state index contributed by atoms with van der Waals surface area (Å²) in [5, 5.41) is 4.18. The van der Waals surface area contributed by atoms with Gasteiger partial charge in [0.25, 0.3) is 21.9 Å². The zero-order chi connectivity index (χ0) is 23.9. The van der Waals surface area contributed by atoms with Crippen LogP contribution in [0.15, 0.2) is 39.8 Å². The number of alkyl halides is 2. The molecular formula is C22H20ClF2N3O4S2. The van der Waals surface area contributed by atoms with Gasteiger partial charge in [-0.05, 0) is 61.4 Å². The molecule has 0 radical (unpaired) electrons. The van der Waals surface area contributed by atoms with E-state index in [1.165, 1.54) is 6.07 Å². The number of furan rings is 1. The predicted molar refractivity (Wildman–Crippen MR) is 122 cm³/mol. The molecule has 3 heterocycles. The zero-order valence-corrected chi connectivity index (χ0v) is 20.2. The van der Waals surface area contributed by atoms with Gasteiger partial charge in [0.1, 0.15) is 0 Å². The lowest BCUT2D eigenvalue weighted by molar-refractivity contribution is -0.0949. The second-order valence-electron chi connectivity index (χ2n) is 9.60. The number of rotatable bonds is 5. The molecule has 2 aliphatic carbocycles. The number of thiazole rings is 1. The van der Waals surface area contributed by atoms with Crippen LogP contribution in [0.5, 0.6) is 0 Å². The van der Waals surface area contributed by atoms with Crippen LogP contribution in [0.1, 0.15) is 47.2 Å². The molecule has 1 saturated heterocycles. The van der Waals surface area contributed by atoms with Gasteiger partial charge in [-0.25, -0.2) is 22.2 Å². The molecule has 3 aliphatic rings. The highest BCUT2D eigenvalue weighted by Gasteiger charge is 2.54. The third-order valence-electron chi connectivity index (χ3n) is 6.98. The van der Waals surface area contributed by atoms with Gasteiger partial charge in [-0.15, -0.1) is 11.3 Å². The van der Waals surface area contributed by atoms with Gasteiger partial charge in [-0.3, -0.25) is 4.79 Å². The van der Waals surface area contributed by atoms with Gasteiger partial charge in [0.15, 0.2) is 5.76 Å². The summed E-state index contributed by atoms with van der Waals surface area (Å²) in [5.41, 5.74) is 1.13. The summed E-state index contributed by atoms with van der Waals surface area (Å²) in [6.45, 7) is -1.76. The first-order valence-electron chi connectivity index (χ1n) is 10.9. The third kappa shape index (κ3) is 3.73. The van der Waals surface area contributed by atoms with Crippen molar-refractivity contribution >= 4 is 49.1 Å². The summed E-state index contributed by atoms with van der Waals surface area (Å²) in [4.78, 5) is 17.3. The first-order valence-corrected chi connectivity index (χ1v) is 13.5. The Morgan fingerprint density at radius 2 is 1.91 bits per heavy atom. The Morgan fingerprint density at radius 3 is 2.62 bits per heavy atom. The molecule has 34 heavy (non-hydrogen) atoms. The number of nitrogens with one attached hydrogen (secondary N) is 1. The smallest absolute Gasteiger partial charge is 0.287 e. The van der Waals surface area contributed by atoms with Crippen molar-refractivity contribution in [3.05, 3.63) is 46.1 Å². The van der Waals surface area contributed by atoms with Gasteiger partial charge in [0.05, 0.1) is 28.3 Å². The number of hydrogen-bond donors (Lipinski definition) is 1. The molecule has 2 aromatic heterocycles. The monoisotopic (exact) mass is 527 g/mol. The maximum absolute atomic E-state index is 13.0.